The second-order valence-corrected chi connectivity index (χ2v) is 5.66. The molecule has 2 nitrogen and oxygen atoms in total. The highest BCUT2D eigenvalue weighted by atomic mass is 16.2. The number of nitrogens with zero attached hydrogens (tertiary/aromatic N) is 1. The first-order chi connectivity index (χ1) is 10.6. The minimum Gasteiger partial charge on any atom is -0.337 e. The summed E-state index contributed by atoms with van der Waals surface area (Å²) >= 11 is 0. The summed E-state index contributed by atoms with van der Waals surface area (Å²) in [6, 6.07) is 22.3. The second kappa shape index (κ2) is 6.02. The van der Waals surface area contributed by atoms with Gasteiger partial charge in [-0.3, -0.25) is 4.79 Å². The summed E-state index contributed by atoms with van der Waals surface area (Å²) < 4.78 is 0. The SMILES string of the molecule is Cc1ccccc1C(=O)N(C)Cc1ccc2ccccc2c1. The molecule has 0 aliphatic rings. The van der Waals surface area contributed by atoms with Gasteiger partial charge in [0.2, 0.25) is 0 Å². The Kier molecular flexibility index (Phi) is 3.92. The quantitative estimate of drug-likeness (QED) is 0.699. The zero-order chi connectivity index (χ0) is 15.5. The fourth-order valence-electron chi connectivity index (χ4n) is 2.70. The number of benzene rings is 3. The Balaban J connectivity index is 1.82. The first-order valence-corrected chi connectivity index (χ1v) is 7.44. The number of fused-ring (bicyclic) bond motifs is 1. The molecule has 3 rings (SSSR count). The monoisotopic (exact) mass is 289 g/mol. The summed E-state index contributed by atoms with van der Waals surface area (Å²) in [7, 11) is 1.85. The molecule has 110 valence electrons. The molecule has 0 aromatic heterocycles. The van der Waals surface area contributed by atoms with Crippen LogP contribution in [0.1, 0.15) is 21.5 Å². The first-order valence-electron chi connectivity index (χ1n) is 7.44. The normalized spacial score (nSPS) is 10.6. The smallest absolute Gasteiger partial charge is 0.254 e. The molecule has 0 atom stereocenters. The van der Waals surface area contributed by atoms with Crippen molar-refractivity contribution in [2.24, 2.45) is 0 Å². The molecule has 2 heteroatoms. The van der Waals surface area contributed by atoms with Crippen LogP contribution in [0, 0.1) is 6.92 Å². The van der Waals surface area contributed by atoms with Crippen LogP contribution in [-0.2, 0) is 6.54 Å². The molecular formula is C20H19NO. The summed E-state index contributed by atoms with van der Waals surface area (Å²) in [6.45, 7) is 2.58. The maximum Gasteiger partial charge on any atom is 0.254 e. The molecule has 0 unspecified atom stereocenters. The summed E-state index contributed by atoms with van der Waals surface area (Å²) in [5.74, 6) is 0.0614. The maximum absolute atomic E-state index is 12.6. The Hall–Kier alpha value is -2.61. The lowest BCUT2D eigenvalue weighted by Gasteiger charge is -2.18. The standard InChI is InChI=1S/C20H19NO/c1-15-7-3-6-10-19(15)20(22)21(2)14-16-11-12-17-8-4-5-9-18(17)13-16/h3-13H,14H2,1-2H3. The third kappa shape index (κ3) is 2.86. The summed E-state index contributed by atoms with van der Waals surface area (Å²) in [5.41, 5.74) is 2.92. The van der Waals surface area contributed by atoms with E-state index in [0.29, 0.717) is 6.54 Å². The molecule has 0 fully saturated rings. The molecule has 0 saturated carbocycles. The van der Waals surface area contributed by atoms with Crippen LogP contribution in [-0.4, -0.2) is 17.9 Å². The van der Waals surface area contributed by atoms with Crippen molar-refractivity contribution in [3.63, 3.8) is 0 Å². The van der Waals surface area contributed by atoms with Gasteiger partial charge in [0.1, 0.15) is 0 Å². The summed E-state index contributed by atoms with van der Waals surface area (Å²) in [6.07, 6.45) is 0. The van der Waals surface area contributed by atoms with Gasteiger partial charge in [-0.05, 0) is 41.0 Å². The van der Waals surface area contributed by atoms with Crippen LogP contribution < -0.4 is 0 Å². The van der Waals surface area contributed by atoms with Gasteiger partial charge in [0, 0.05) is 19.2 Å². The minimum absolute atomic E-state index is 0.0614. The van der Waals surface area contributed by atoms with Crippen LogP contribution in [0.15, 0.2) is 66.7 Å². The lowest BCUT2D eigenvalue weighted by Crippen LogP contribution is -2.26. The van der Waals surface area contributed by atoms with E-state index in [1.165, 1.54) is 10.8 Å². The molecular weight excluding hydrogens is 270 g/mol. The van der Waals surface area contributed by atoms with E-state index in [-0.39, 0.29) is 5.91 Å². The number of amides is 1. The van der Waals surface area contributed by atoms with Crippen LogP contribution in [0.3, 0.4) is 0 Å². The topological polar surface area (TPSA) is 20.3 Å². The lowest BCUT2D eigenvalue weighted by molar-refractivity contribution is 0.0784. The van der Waals surface area contributed by atoms with Crippen LogP contribution in [0.5, 0.6) is 0 Å². The summed E-state index contributed by atoms with van der Waals surface area (Å²) in [4.78, 5) is 14.3. The minimum atomic E-state index is 0.0614. The maximum atomic E-state index is 12.6. The molecule has 0 heterocycles. The van der Waals surface area contributed by atoms with Crippen molar-refractivity contribution >= 4 is 16.7 Å². The van der Waals surface area contributed by atoms with Crippen molar-refractivity contribution in [3.8, 4) is 0 Å². The molecule has 0 radical (unpaired) electrons. The average molecular weight is 289 g/mol. The summed E-state index contributed by atoms with van der Waals surface area (Å²) in [5, 5.41) is 2.43. The Morgan fingerprint density at radius 1 is 0.909 bits per heavy atom. The zero-order valence-electron chi connectivity index (χ0n) is 12.9. The van der Waals surface area contributed by atoms with E-state index in [1.807, 2.05) is 50.4 Å². The molecule has 1 amide bonds. The van der Waals surface area contributed by atoms with Crippen LogP contribution in [0.25, 0.3) is 10.8 Å². The van der Waals surface area contributed by atoms with Gasteiger partial charge in [0.25, 0.3) is 5.91 Å². The Morgan fingerprint density at radius 2 is 1.59 bits per heavy atom. The number of aryl methyl sites for hydroxylation is 1. The van der Waals surface area contributed by atoms with E-state index in [0.717, 1.165) is 16.7 Å². The highest BCUT2D eigenvalue weighted by Crippen LogP contribution is 2.18. The number of carbonyl (C=O) groups excluding carboxylic acids is 1. The van der Waals surface area contributed by atoms with Crippen LogP contribution in [0.4, 0.5) is 0 Å². The zero-order valence-corrected chi connectivity index (χ0v) is 12.9. The van der Waals surface area contributed by atoms with Gasteiger partial charge in [0.05, 0.1) is 0 Å². The van der Waals surface area contributed by atoms with Crippen LogP contribution >= 0.6 is 0 Å². The number of hydrogen-bond acceptors (Lipinski definition) is 1. The number of rotatable bonds is 3. The predicted molar refractivity (Wildman–Crippen MR) is 90.9 cm³/mol. The van der Waals surface area contributed by atoms with E-state index >= 15 is 0 Å². The van der Waals surface area contributed by atoms with E-state index in [1.54, 1.807) is 4.90 Å². The van der Waals surface area contributed by atoms with Crippen LogP contribution in [0.2, 0.25) is 0 Å². The Bertz CT molecular complexity index is 823. The van der Waals surface area contributed by atoms with Crippen molar-refractivity contribution in [1.29, 1.82) is 0 Å². The van der Waals surface area contributed by atoms with Gasteiger partial charge in [-0.25, -0.2) is 0 Å². The van der Waals surface area contributed by atoms with Gasteiger partial charge in [-0.15, -0.1) is 0 Å². The number of carbonyl (C=O) groups is 1. The van der Waals surface area contributed by atoms with E-state index in [9.17, 15) is 4.79 Å². The number of hydrogen-bond donors (Lipinski definition) is 0. The third-order valence-corrected chi connectivity index (χ3v) is 3.96. The molecule has 22 heavy (non-hydrogen) atoms. The fraction of sp³-hybridized carbons (Fsp3) is 0.150. The van der Waals surface area contributed by atoms with Crippen molar-refractivity contribution in [1.82, 2.24) is 4.90 Å². The van der Waals surface area contributed by atoms with E-state index in [2.05, 4.69) is 30.3 Å². The van der Waals surface area contributed by atoms with Crippen molar-refractivity contribution in [2.45, 2.75) is 13.5 Å². The third-order valence-electron chi connectivity index (χ3n) is 3.96. The Morgan fingerprint density at radius 3 is 2.36 bits per heavy atom. The molecule has 0 spiro atoms. The van der Waals surface area contributed by atoms with Gasteiger partial charge in [-0.2, -0.15) is 0 Å². The molecule has 3 aromatic rings. The van der Waals surface area contributed by atoms with E-state index < -0.39 is 0 Å². The molecule has 0 saturated heterocycles. The highest BCUT2D eigenvalue weighted by Gasteiger charge is 2.13. The van der Waals surface area contributed by atoms with Crippen molar-refractivity contribution in [3.05, 3.63) is 83.4 Å². The fourth-order valence-corrected chi connectivity index (χ4v) is 2.70. The molecule has 3 aromatic carbocycles. The van der Waals surface area contributed by atoms with Gasteiger partial charge >= 0.3 is 0 Å². The van der Waals surface area contributed by atoms with E-state index in [4.69, 9.17) is 0 Å². The first kappa shape index (κ1) is 14.3. The molecule has 0 aliphatic heterocycles. The van der Waals surface area contributed by atoms with Gasteiger partial charge in [0.15, 0.2) is 0 Å². The van der Waals surface area contributed by atoms with Crippen molar-refractivity contribution < 1.29 is 4.79 Å². The Labute approximate surface area is 131 Å². The molecule has 0 aliphatic carbocycles. The van der Waals surface area contributed by atoms with Gasteiger partial charge in [-0.1, -0.05) is 54.6 Å². The van der Waals surface area contributed by atoms with Gasteiger partial charge < -0.3 is 4.90 Å². The molecule has 0 bridgehead atoms. The average Bonchev–Trinajstić information content (AvgIpc) is 2.54. The highest BCUT2D eigenvalue weighted by molar-refractivity contribution is 5.95. The predicted octanol–water partition coefficient (Wildman–Crippen LogP) is 4.42. The lowest BCUT2D eigenvalue weighted by atomic mass is 10.1. The second-order valence-electron chi connectivity index (χ2n) is 5.66. The van der Waals surface area contributed by atoms with Crippen molar-refractivity contribution in [2.75, 3.05) is 7.05 Å². The largest absolute Gasteiger partial charge is 0.337 e. The molecule has 0 N–H and O–H groups in total.